The SMILES string of the molecule is CCCCCNC(=O)c1cccc(C(=O)N2CCN(c3ccc(F)cc3)CC2)c1. The zero-order valence-electron chi connectivity index (χ0n) is 16.9. The van der Waals surface area contributed by atoms with Gasteiger partial charge in [0.25, 0.3) is 11.8 Å². The average molecular weight is 397 g/mol. The molecule has 2 aromatic rings. The minimum Gasteiger partial charge on any atom is -0.368 e. The average Bonchev–Trinajstić information content (AvgIpc) is 2.77. The van der Waals surface area contributed by atoms with Gasteiger partial charge in [-0.05, 0) is 48.9 Å². The van der Waals surface area contributed by atoms with Crippen LogP contribution in [0.2, 0.25) is 0 Å². The van der Waals surface area contributed by atoms with E-state index in [0.29, 0.717) is 43.9 Å². The Hall–Kier alpha value is -2.89. The predicted octanol–water partition coefficient (Wildman–Crippen LogP) is 3.71. The topological polar surface area (TPSA) is 52.7 Å². The van der Waals surface area contributed by atoms with Crippen LogP contribution >= 0.6 is 0 Å². The molecule has 0 aromatic heterocycles. The zero-order chi connectivity index (χ0) is 20.6. The van der Waals surface area contributed by atoms with E-state index >= 15 is 0 Å². The number of halogens is 1. The number of rotatable bonds is 7. The van der Waals surface area contributed by atoms with Gasteiger partial charge in [-0.2, -0.15) is 0 Å². The van der Waals surface area contributed by atoms with Crippen molar-refractivity contribution >= 4 is 17.5 Å². The molecule has 6 heteroatoms. The van der Waals surface area contributed by atoms with Crippen molar-refractivity contribution < 1.29 is 14.0 Å². The Bertz CT molecular complexity index is 830. The lowest BCUT2D eigenvalue weighted by Crippen LogP contribution is -2.48. The minimum absolute atomic E-state index is 0.0654. The van der Waals surface area contributed by atoms with E-state index in [-0.39, 0.29) is 17.6 Å². The van der Waals surface area contributed by atoms with Crippen molar-refractivity contribution in [1.29, 1.82) is 0 Å². The monoisotopic (exact) mass is 397 g/mol. The lowest BCUT2D eigenvalue weighted by atomic mass is 10.1. The largest absolute Gasteiger partial charge is 0.368 e. The summed E-state index contributed by atoms with van der Waals surface area (Å²) in [6.07, 6.45) is 3.15. The fourth-order valence-electron chi connectivity index (χ4n) is 3.47. The second-order valence-electron chi connectivity index (χ2n) is 7.30. The lowest BCUT2D eigenvalue weighted by Gasteiger charge is -2.36. The van der Waals surface area contributed by atoms with Crippen LogP contribution in [0, 0.1) is 5.82 Å². The van der Waals surface area contributed by atoms with Crippen molar-refractivity contribution in [3.8, 4) is 0 Å². The Morgan fingerprint density at radius 1 is 0.966 bits per heavy atom. The van der Waals surface area contributed by atoms with Gasteiger partial charge in [-0.25, -0.2) is 4.39 Å². The standard InChI is InChI=1S/C23H28FN3O2/c1-2-3-4-12-25-22(28)18-6-5-7-19(17-18)23(29)27-15-13-26(14-16-27)21-10-8-20(24)9-11-21/h5-11,17H,2-4,12-16H2,1H3,(H,25,28). The molecule has 3 rings (SSSR count). The van der Waals surface area contributed by atoms with Gasteiger partial charge < -0.3 is 15.1 Å². The van der Waals surface area contributed by atoms with E-state index < -0.39 is 0 Å². The van der Waals surface area contributed by atoms with Gasteiger partial charge in [0.2, 0.25) is 0 Å². The molecule has 1 N–H and O–H groups in total. The maximum Gasteiger partial charge on any atom is 0.253 e. The highest BCUT2D eigenvalue weighted by atomic mass is 19.1. The Balaban J connectivity index is 1.57. The molecule has 0 saturated carbocycles. The van der Waals surface area contributed by atoms with Gasteiger partial charge in [0.05, 0.1) is 0 Å². The summed E-state index contributed by atoms with van der Waals surface area (Å²) in [5, 5.41) is 2.91. The van der Waals surface area contributed by atoms with E-state index in [1.54, 1.807) is 41.3 Å². The van der Waals surface area contributed by atoms with Gasteiger partial charge in [-0.1, -0.05) is 25.8 Å². The number of amides is 2. The fraction of sp³-hybridized carbons (Fsp3) is 0.391. The molecular formula is C23H28FN3O2. The van der Waals surface area contributed by atoms with Gasteiger partial charge in [0.15, 0.2) is 0 Å². The number of hydrogen-bond acceptors (Lipinski definition) is 3. The number of carbonyl (C=O) groups is 2. The molecule has 1 saturated heterocycles. The van der Waals surface area contributed by atoms with E-state index in [0.717, 1.165) is 24.9 Å². The first-order chi connectivity index (χ1) is 14.1. The molecule has 29 heavy (non-hydrogen) atoms. The fourth-order valence-corrected chi connectivity index (χ4v) is 3.47. The molecule has 0 radical (unpaired) electrons. The number of hydrogen-bond donors (Lipinski definition) is 1. The summed E-state index contributed by atoms with van der Waals surface area (Å²) in [4.78, 5) is 29.1. The molecule has 5 nitrogen and oxygen atoms in total. The lowest BCUT2D eigenvalue weighted by molar-refractivity contribution is 0.0747. The van der Waals surface area contributed by atoms with E-state index in [4.69, 9.17) is 0 Å². The Morgan fingerprint density at radius 2 is 1.66 bits per heavy atom. The third kappa shape index (κ3) is 5.56. The maximum absolute atomic E-state index is 13.1. The number of nitrogens with zero attached hydrogens (tertiary/aromatic N) is 2. The van der Waals surface area contributed by atoms with Gasteiger partial charge in [0, 0.05) is 49.5 Å². The summed E-state index contributed by atoms with van der Waals surface area (Å²) < 4.78 is 13.1. The Labute approximate surface area is 171 Å². The van der Waals surface area contributed by atoms with Crippen molar-refractivity contribution in [3.05, 3.63) is 65.5 Å². The van der Waals surface area contributed by atoms with E-state index in [9.17, 15) is 14.0 Å². The third-order valence-electron chi connectivity index (χ3n) is 5.20. The Morgan fingerprint density at radius 3 is 2.34 bits per heavy atom. The van der Waals surface area contributed by atoms with Gasteiger partial charge in [-0.3, -0.25) is 9.59 Å². The summed E-state index contributed by atoms with van der Waals surface area (Å²) in [5.41, 5.74) is 2.00. The summed E-state index contributed by atoms with van der Waals surface area (Å²) in [5.74, 6) is -0.460. The molecule has 154 valence electrons. The van der Waals surface area contributed by atoms with Gasteiger partial charge in [0.1, 0.15) is 5.82 Å². The van der Waals surface area contributed by atoms with Gasteiger partial charge >= 0.3 is 0 Å². The molecule has 2 aromatic carbocycles. The molecule has 0 atom stereocenters. The van der Waals surface area contributed by atoms with Crippen molar-refractivity contribution in [2.45, 2.75) is 26.2 Å². The predicted molar refractivity (Wildman–Crippen MR) is 113 cm³/mol. The van der Waals surface area contributed by atoms with Crippen molar-refractivity contribution in [2.75, 3.05) is 37.6 Å². The van der Waals surface area contributed by atoms with Crippen LogP contribution < -0.4 is 10.2 Å². The molecule has 1 fully saturated rings. The van der Waals surface area contributed by atoms with E-state index in [2.05, 4.69) is 17.1 Å². The number of piperazine rings is 1. The van der Waals surface area contributed by atoms with Crippen molar-refractivity contribution in [2.24, 2.45) is 0 Å². The molecule has 0 bridgehead atoms. The second kappa shape index (κ2) is 10.0. The first kappa shape index (κ1) is 20.8. The number of benzene rings is 2. The summed E-state index contributed by atoms with van der Waals surface area (Å²) in [6.45, 7) is 5.32. The molecule has 0 spiro atoms. The van der Waals surface area contributed by atoms with Crippen LogP contribution in [0.15, 0.2) is 48.5 Å². The number of carbonyl (C=O) groups excluding carboxylic acids is 2. The molecule has 1 heterocycles. The first-order valence-corrected chi connectivity index (χ1v) is 10.3. The van der Waals surface area contributed by atoms with Crippen LogP contribution in [0.3, 0.4) is 0 Å². The maximum atomic E-state index is 13.1. The van der Waals surface area contributed by atoms with E-state index in [1.807, 2.05) is 0 Å². The highest BCUT2D eigenvalue weighted by Gasteiger charge is 2.23. The van der Waals surface area contributed by atoms with Crippen LogP contribution in [0.25, 0.3) is 0 Å². The highest BCUT2D eigenvalue weighted by molar-refractivity contribution is 5.99. The third-order valence-corrected chi connectivity index (χ3v) is 5.20. The summed E-state index contributed by atoms with van der Waals surface area (Å²) in [7, 11) is 0. The van der Waals surface area contributed by atoms with Crippen LogP contribution in [-0.4, -0.2) is 49.4 Å². The van der Waals surface area contributed by atoms with Gasteiger partial charge in [-0.15, -0.1) is 0 Å². The van der Waals surface area contributed by atoms with Crippen LogP contribution in [0.4, 0.5) is 10.1 Å². The summed E-state index contributed by atoms with van der Waals surface area (Å²) >= 11 is 0. The van der Waals surface area contributed by atoms with Crippen LogP contribution in [0.1, 0.15) is 46.9 Å². The molecule has 2 amide bonds. The first-order valence-electron chi connectivity index (χ1n) is 10.3. The van der Waals surface area contributed by atoms with E-state index in [1.165, 1.54) is 12.1 Å². The quantitative estimate of drug-likeness (QED) is 0.725. The highest BCUT2D eigenvalue weighted by Crippen LogP contribution is 2.18. The summed E-state index contributed by atoms with van der Waals surface area (Å²) in [6, 6.07) is 13.3. The molecule has 0 aliphatic carbocycles. The molecule has 1 aliphatic heterocycles. The minimum atomic E-state index is -0.253. The number of nitrogens with one attached hydrogen (secondary N) is 1. The van der Waals surface area contributed by atoms with Crippen molar-refractivity contribution in [1.82, 2.24) is 10.2 Å². The Kier molecular flexibility index (Phi) is 7.22. The molecular weight excluding hydrogens is 369 g/mol. The van der Waals surface area contributed by atoms with Crippen LogP contribution in [-0.2, 0) is 0 Å². The number of anilines is 1. The van der Waals surface area contributed by atoms with Crippen LogP contribution in [0.5, 0.6) is 0 Å². The normalized spacial score (nSPS) is 14.0. The van der Waals surface area contributed by atoms with Crippen molar-refractivity contribution in [3.63, 3.8) is 0 Å². The number of unbranched alkanes of at least 4 members (excludes halogenated alkanes) is 2. The molecule has 0 unspecified atom stereocenters. The molecule has 1 aliphatic rings. The zero-order valence-corrected chi connectivity index (χ0v) is 16.9. The smallest absolute Gasteiger partial charge is 0.253 e. The second-order valence-corrected chi connectivity index (χ2v) is 7.30.